The Kier molecular flexibility index (Phi) is 4.75. The molecule has 0 bridgehead atoms. The summed E-state index contributed by atoms with van der Waals surface area (Å²) in [6.45, 7) is 0.118. The van der Waals surface area contributed by atoms with Crippen molar-refractivity contribution in [3.8, 4) is 5.69 Å². The lowest BCUT2D eigenvalue weighted by Gasteiger charge is -2.05. The Labute approximate surface area is 144 Å². The molecule has 3 N–H and O–H groups in total. The molecule has 7 heteroatoms. The maximum atomic E-state index is 12.1. The zero-order valence-corrected chi connectivity index (χ0v) is 13.3. The molecule has 0 radical (unpaired) electrons. The maximum Gasteiger partial charge on any atom is 0.338 e. The van der Waals surface area contributed by atoms with Crippen molar-refractivity contribution in [1.82, 2.24) is 9.78 Å². The minimum atomic E-state index is -0.661. The van der Waals surface area contributed by atoms with E-state index in [0.717, 1.165) is 11.3 Å². The molecule has 0 unspecified atom stereocenters. The van der Waals surface area contributed by atoms with Gasteiger partial charge in [0.1, 0.15) is 6.61 Å². The van der Waals surface area contributed by atoms with E-state index in [2.05, 4.69) is 10.4 Å². The molecule has 0 aliphatic carbocycles. The van der Waals surface area contributed by atoms with Gasteiger partial charge in [-0.3, -0.25) is 0 Å². The Hall–Kier alpha value is -3.61. The lowest BCUT2D eigenvalue weighted by atomic mass is 10.2. The van der Waals surface area contributed by atoms with Crippen LogP contribution in [0, 0.1) is 0 Å². The summed E-state index contributed by atoms with van der Waals surface area (Å²) in [7, 11) is 0. The summed E-state index contributed by atoms with van der Waals surface area (Å²) in [6.07, 6.45) is 3.46. The van der Waals surface area contributed by atoms with Crippen molar-refractivity contribution in [3.05, 3.63) is 78.1 Å². The number of aromatic nitrogens is 2. The highest BCUT2D eigenvalue weighted by molar-refractivity contribution is 5.91. The van der Waals surface area contributed by atoms with E-state index in [1.807, 2.05) is 36.5 Å². The number of primary amides is 1. The third kappa shape index (κ3) is 4.23. The van der Waals surface area contributed by atoms with Gasteiger partial charge in [0.2, 0.25) is 0 Å². The van der Waals surface area contributed by atoms with Crippen molar-refractivity contribution in [3.63, 3.8) is 0 Å². The number of nitrogens with zero attached hydrogens (tertiary/aromatic N) is 2. The van der Waals surface area contributed by atoms with E-state index in [4.69, 9.17) is 10.5 Å². The second kappa shape index (κ2) is 7.31. The lowest BCUT2D eigenvalue weighted by molar-refractivity contribution is 0.0472. The van der Waals surface area contributed by atoms with Crippen molar-refractivity contribution < 1.29 is 14.3 Å². The third-order valence-corrected chi connectivity index (χ3v) is 3.41. The lowest BCUT2D eigenvalue weighted by Crippen LogP contribution is -2.19. The number of hydrogen-bond donors (Lipinski definition) is 2. The first kappa shape index (κ1) is 16.3. The Morgan fingerprint density at radius 2 is 1.80 bits per heavy atom. The maximum absolute atomic E-state index is 12.1. The number of para-hydroxylation sites is 1. The Bertz CT molecular complexity index is 873. The van der Waals surface area contributed by atoms with Crippen molar-refractivity contribution in [1.29, 1.82) is 0 Å². The topological polar surface area (TPSA) is 99.2 Å². The van der Waals surface area contributed by atoms with Gasteiger partial charge in [-0.1, -0.05) is 18.2 Å². The van der Waals surface area contributed by atoms with E-state index in [0.29, 0.717) is 11.3 Å². The predicted molar refractivity (Wildman–Crippen MR) is 92.3 cm³/mol. The summed E-state index contributed by atoms with van der Waals surface area (Å²) in [5, 5.41) is 6.67. The first-order valence-electron chi connectivity index (χ1n) is 7.54. The highest BCUT2D eigenvalue weighted by Crippen LogP contribution is 2.12. The number of ether oxygens (including phenoxy) is 1. The fourth-order valence-electron chi connectivity index (χ4n) is 2.22. The molecule has 2 aromatic carbocycles. The molecule has 0 saturated heterocycles. The number of nitrogens with two attached hydrogens (primary N) is 1. The molecule has 0 spiro atoms. The van der Waals surface area contributed by atoms with E-state index < -0.39 is 12.0 Å². The average Bonchev–Trinajstić information content (AvgIpc) is 3.10. The Morgan fingerprint density at radius 3 is 2.48 bits per heavy atom. The zero-order valence-electron chi connectivity index (χ0n) is 13.3. The van der Waals surface area contributed by atoms with E-state index in [-0.39, 0.29) is 6.61 Å². The molecule has 3 aromatic rings. The van der Waals surface area contributed by atoms with Crippen LogP contribution in [-0.4, -0.2) is 21.8 Å². The van der Waals surface area contributed by atoms with Gasteiger partial charge in [-0.2, -0.15) is 5.10 Å². The van der Waals surface area contributed by atoms with Crippen LogP contribution in [-0.2, 0) is 11.3 Å². The third-order valence-electron chi connectivity index (χ3n) is 3.41. The Morgan fingerprint density at radius 1 is 1.08 bits per heavy atom. The van der Waals surface area contributed by atoms with Crippen LogP contribution in [0.25, 0.3) is 5.69 Å². The van der Waals surface area contributed by atoms with Gasteiger partial charge in [0.05, 0.1) is 17.4 Å². The standard InChI is InChI=1S/C18H16N4O3/c19-18(24)21-15-8-6-14(7-9-15)17(23)25-12-13-10-20-22(11-13)16-4-2-1-3-5-16/h1-11H,12H2,(H3,19,21,24). The number of esters is 1. The number of urea groups is 1. The van der Waals surface area contributed by atoms with Gasteiger partial charge < -0.3 is 15.8 Å². The molecule has 0 fully saturated rings. The number of anilines is 1. The van der Waals surface area contributed by atoms with E-state index in [1.54, 1.807) is 35.1 Å². The van der Waals surface area contributed by atoms with Crippen LogP contribution in [0.2, 0.25) is 0 Å². The second-order valence-corrected chi connectivity index (χ2v) is 5.27. The molecule has 7 nitrogen and oxygen atoms in total. The molecule has 0 saturated carbocycles. The molecule has 126 valence electrons. The number of amides is 2. The van der Waals surface area contributed by atoms with E-state index >= 15 is 0 Å². The second-order valence-electron chi connectivity index (χ2n) is 5.27. The van der Waals surface area contributed by atoms with Crippen LogP contribution < -0.4 is 11.1 Å². The Balaban J connectivity index is 1.59. The normalized spacial score (nSPS) is 10.2. The predicted octanol–water partition coefficient (Wildman–Crippen LogP) is 2.72. The summed E-state index contributed by atoms with van der Waals surface area (Å²) in [5.41, 5.74) is 7.63. The minimum absolute atomic E-state index is 0.118. The van der Waals surface area contributed by atoms with Crippen LogP contribution in [0.15, 0.2) is 67.0 Å². The van der Waals surface area contributed by atoms with Crippen molar-refractivity contribution in [2.75, 3.05) is 5.32 Å². The molecule has 1 heterocycles. The van der Waals surface area contributed by atoms with Crippen LogP contribution in [0.4, 0.5) is 10.5 Å². The minimum Gasteiger partial charge on any atom is -0.457 e. The first-order valence-corrected chi connectivity index (χ1v) is 7.54. The molecule has 3 rings (SSSR count). The molecule has 0 atom stereocenters. The number of hydrogen-bond acceptors (Lipinski definition) is 4. The van der Waals surface area contributed by atoms with Crippen LogP contribution in [0.5, 0.6) is 0 Å². The fraction of sp³-hybridized carbons (Fsp3) is 0.0556. The summed E-state index contributed by atoms with van der Waals surface area (Å²) < 4.78 is 7.00. The monoisotopic (exact) mass is 336 g/mol. The van der Waals surface area contributed by atoms with Crippen molar-refractivity contribution in [2.45, 2.75) is 6.61 Å². The van der Waals surface area contributed by atoms with Crippen LogP contribution in [0.3, 0.4) is 0 Å². The summed E-state index contributed by atoms with van der Waals surface area (Å²) in [5.74, 6) is -0.460. The van der Waals surface area contributed by atoms with E-state index in [9.17, 15) is 9.59 Å². The van der Waals surface area contributed by atoms with Crippen LogP contribution >= 0.6 is 0 Å². The van der Waals surface area contributed by atoms with Gasteiger partial charge in [-0.05, 0) is 36.4 Å². The number of rotatable bonds is 5. The quantitative estimate of drug-likeness (QED) is 0.700. The highest BCUT2D eigenvalue weighted by atomic mass is 16.5. The summed E-state index contributed by atoms with van der Waals surface area (Å²) >= 11 is 0. The molecule has 0 aliphatic rings. The zero-order chi connectivity index (χ0) is 17.6. The first-order chi connectivity index (χ1) is 12.1. The number of carbonyl (C=O) groups excluding carboxylic acids is 2. The summed E-state index contributed by atoms with van der Waals surface area (Å²) in [6, 6.07) is 15.3. The van der Waals surface area contributed by atoms with Gasteiger partial charge in [0.25, 0.3) is 0 Å². The SMILES string of the molecule is NC(=O)Nc1ccc(C(=O)OCc2cnn(-c3ccccc3)c2)cc1. The fourth-order valence-corrected chi connectivity index (χ4v) is 2.22. The molecule has 25 heavy (non-hydrogen) atoms. The average molecular weight is 336 g/mol. The smallest absolute Gasteiger partial charge is 0.338 e. The van der Waals surface area contributed by atoms with Gasteiger partial charge >= 0.3 is 12.0 Å². The van der Waals surface area contributed by atoms with Gasteiger partial charge in [-0.25, -0.2) is 14.3 Å². The van der Waals surface area contributed by atoms with Gasteiger partial charge in [-0.15, -0.1) is 0 Å². The molecule has 2 amide bonds. The van der Waals surface area contributed by atoms with E-state index in [1.165, 1.54) is 0 Å². The largest absolute Gasteiger partial charge is 0.457 e. The number of carbonyl (C=O) groups is 2. The van der Waals surface area contributed by atoms with Gasteiger partial charge in [0.15, 0.2) is 0 Å². The van der Waals surface area contributed by atoms with Crippen molar-refractivity contribution >= 4 is 17.7 Å². The highest BCUT2D eigenvalue weighted by Gasteiger charge is 2.09. The molecule has 0 aliphatic heterocycles. The van der Waals surface area contributed by atoms with Gasteiger partial charge in [0, 0.05) is 17.4 Å². The molecule has 1 aromatic heterocycles. The van der Waals surface area contributed by atoms with Crippen molar-refractivity contribution in [2.24, 2.45) is 5.73 Å². The molecular weight excluding hydrogens is 320 g/mol. The summed E-state index contributed by atoms with van der Waals surface area (Å²) in [4.78, 5) is 22.8. The van der Waals surface area contributed by atoms with Crippen LogP contribution in [0.1, 0.15) is 15.9 Å². The molecular formula is C18H16N4O3. The number of nitrogens with one attached hydrogen (secondary N) is 1. The number of benzene rings is 2.